The van der Waals surface area contributed by atoms with E-state index in [1.165, 1.54) is 6.33 Å². The highest BCUT2D eigenvalue weighted by atomic mass is 79.9. The average molecular weight is 344 g/mol. The molecule has 0 unspecified atom stereocenters. The Hall–Kier alpha value is -1.37. The Labute approximate surface area is 128 Å². The fourth-order valence-corrected chi connectivity index (χ4v) is 2.31. The zero-order valence-electron chi connectivity index (χ0n) is 12.2. The molecule has 0 saturated carbocycles. The standard InChI is InChI=1S/C13H22BrN5O/c1-4-7-16-12-11(14)13(18-9-17-12)19(6-3)8-10(20)15-5-2/h9H,4-8H2,1-3H3,(H,15,20)(H,16,17,18). The van der Waals surface area contributed by atoms with Crippen molar-refractivity contribution in [2.24, 2.45) is 0 Å². The zero-order chi connectivity index (χ0) is 15.0. The quantitative estimate of drug-likeness (QED) is 0.755. The molecule has 0 spiro atoms. The molecule has 1 amide bonds. The van der Waals surface area contributed by atoms with E-state index in [-0.39, 0.29) is 12.5 Å². The van der Waals surface area contributed by atoms with Gasteiger partial charge in [-0.15, -0.1) is 0 Å². The molecule has 1 aromatic heterocycles. The number of aromatic nitrogens is 2. The van der Waals surface area contributed by atoms with Crippen LogP contribution < -0.4 is 15.5 Å². The zero-order valence-corrected chi connectivity index (χ0v) is 13.8. The molecule has 1 heterocycles. The number of hydrogen-bond acceptors (Lipinski definition) is 5. The number of carbonyl (C=O) groups is 1. The number of halogens is 1. The summed E-state index contributed by atoms with van der Waals surface area (Å²) in [6, 6.07) is 0. The van der Waals surface area contributed by atoms with Gasteiger partial charge in [-0.05, 0) is 36.2 Å². The van der Waals surface area contributed by atoms with Crippen LogP contribution in [0.4, 0.5) is 11.6 Å². The molecule has 7 heteroatoms. The average Bonchev–Trinajstić information content (AvgIpc) is 2.44. The van der Waals surface area contributed by atoms with Gasteiger partial charge in [0.25, 0.3) is 0 Å². The van der Waals surface area contributed by atoms with Gasteiger partial charge >= 0.3 is 0 Å². The van der Waals surface area contributed by atoms with Gasteiger partial charge in [-0.25, -0.2) is 9.97 Å². The van der Waals surface area contributed by atoms with Gasteiger partial charge in [-0.1, -0.05) is 6.92 Å². The minimum Gasteiger partial charge on any atom is -0.369 e. The summed E-state index contributed by atoms with van der Waals surface area (Å²) in [6.45, 7) is 8.44. The predicted octanol–water partition coefficient (Wildman–Crippen LogP) is 2.02. The van der Waals surface area contributed by atoms with Gasteiger partial charge in [0.05, 0.1) is 6.54 Å². The summed E-state index contributed by atoms with van der Waals surface area (Å²) >= 11 is 3.52. The van der Waals surface area contributed by atoms with Crippen molar-refractivity contribution in [1.29, 1.82) is 0 Å². The Balaban J connectivity index is 2.89. The maximum Gasteiger partial charge on any atom is 0.239 e. The highest BCUT2D eigenvalue weighted by Gasteiger charge is 2.16. The second kappa shape index (κ2) is 8.73. The molecule has 0 aliphatic carbocycles. The molecule has 6 nitrogen and oxygen atoms in total. The Morgan fingerprint density at radius 3 is 2.70 bits per heavy atom. The summed E-state index contributed by atoms with van der Waals surface area (Å²) in [5.41, 5.74) is 0. The topological polar surface area (TPSA) is 70.2 Å². The fourth-order valence-electron chi connectivity index (χ4n) is 1.71. The molecule has 1 aromatic rings. The van der Waals surface area contributed by atoms with Crippen LogP contribution in [0.15, 0.2) is 10.8 Å². The lowest BCUT2D eigenvalue weighted by Crippen LogP contribution is -2.37. The van der Waals surface area contributed by atoms with Crippen LogP contribution in [0.2, 0.25) is 0 Å². The molecule has 0 atom stereocenters. The summed E-state index contributed by atoms with van der Waals surface area (Å²) in [5.74, 6) is 1.47. The van der Waals surface area contributed by atoms with Gasteiger partial charge in [-0.3, -0.25) is 4.79 Å². The van der Waals surface area contributed by atoms with Gasteiger partial charge in [0.1, 0.15) is 22.4 Å². The molecule has 0 aliphatic rings. The molecule has 0 radical (unpaired) electrons. The van der Waals surface area contributed by atoms with Gasteiger partial charge in [-0.2, -0.15) is 0 Å². The third-order valence-corrected chi connectivity index (χ3v) is 3.43. The van der Waals surface area contributed by atoms with Crippen LogP contribution in [-0.4, -0.2) is 42.1 Å². The van der Waals surface area contributed by atoms with E-state index in [9.17, 15) is 4.79 Å². The van der Waals surface area contributed by atoms with E-state index < -0.39 is 0 Å². The molecule has 2 N–H and O–H groups in total. The summed E-state index contributed by atoms with van der Waals surface area (Å²) < 4.78 is 0.791. The summed E-state index contributed by atoms with van der Waals surface area (Å²) in [7, 11) is 0. The molecular formula is C13H22BrN5O. The van der Waals surface area contributed by atoms with Crippen LogP contribution in [0, 0.1) is 0 Å². The molecule has 0 bridgehead atoms. The third-order valence-electron chi connectivity index (χ3n) is 2.70. The SMILES string of the molecule is CCCNc1ncnc(N(CC)CC(=O)NCC)c1Br. The minimum absolute atomic E-state index is 0.0112. The van der Waals surface area contributed by atoms with Gasteiger partial charge in [0, 0.05) is 19.6 Å². The first-order valence-electron chi connectivity index (χ1n) is 6.89. The van der Waals surface area contributed by atoms with E-state index in [1.54, 1.807) is 0 Å². The Morgan fingerprint density at radius 2 is 2.10 bits per heavy atom. The van der Waals surface area contributed by atoms with Crippen molar-refractivity contribution in [1.82, 2.24) is 15.3 Å². The van der Waals surface area contributed by atoms with Crippen LogP contribution in [-0.2, 0) is 4.79 Å². The highest BCUT2D eigenvalue weighted by molar-refractivity contribution is 9.10. The van der Waals surface area contributed by atoms with Crippen LogP contribution in [0.3, 0.4) is 0 Å². The van der Waals surface area contributed by atoms with Gasteiger partial charge in [0.2, 0.25) is 5.91 Å². The van der Waals surface area contributed by atoms with Crippen molar-refractivity contribution >= 4 is 33.5 Å². The predicted molar refractivity (Wildman–Crippen MR) is 85.1 cm³/mol. The molecule has 0 aromatic carbocycles. The smallest absolute Gasteiger partial charge is 0.239 e. The maximum absolute atomic E-state index is 11.7. The van der Waals surface area contributed by atoms with Crippen molar-refractivity contribution in [3.8, 4) is 0 Å². The summed E-state index contributed by atoms with van der Waals surface area (Å²) in [6.07, 6.45) is 2.53. The van der Waals surface area contributed by atoms with Crippen LogP contribution >= 0.6 is 15.9 Å². The highest BCUT2D eigenvalue weighted by Crippen LogP contribution is 2.29. The molecule has 0 fully saturated rings. The van der Waals surface area contributed by atoms with E-state index in [2.05, 4.69) is 43.5 Å². The van der Waals surface area contributed by atoms with Crippen molar-refractivity contribution in [2.75, 3.05) is 36.4 Å². The molecular weight excluding hydrogens is 322 g/mol. The Kier molecular flexibility index (Phi) is 7.28. The van der Waals surface area contributed by atoms with Gasteiger partial charge < -0.3 is 15.5 Å². The first kappa shape index (κ1) is 16.7. The van der Waals surface area contributed by atoms with Crippen molar-refractivity contribution in [3.63, 3.8) is 0 Å². The van der Waals surface area contributed by atoms with Crippen LogP contribution in [0.1, 0.15) is 27.2 Å². The number of rotatable bonds is 8. The Bertz CT molecular complexity index is 441. The van der Waals surface area contributed by atoms with Crippen molar-refractivity contribution in [2.45, 2.75) is 27.2 Å². The number of carbonyl (C=O) groups excluding carboxylic acids is 1. The second-order valence-corrected chi connectivity index (χ2v) is 5.05. The monoisotopic (exact) mass is 343 g/mol. The second-order valence-electron chi connectivity index (χ2n) is 4.25. The molecule has 1 rings (SSSR count). The molecule has 20 heavy (non-hydrogen) atoms. The molecule has 0 aliphatic heterocycles. The first-order chi connectivity index (χ1) is 9.63. The lowest BCUT2D eigenvalue weighted by atomic mass is 10.4. The summed E-state index contributed by atoms with van der Waals surface area (Å²) in [5, 5.41) is 6.03. The largest absolute Gasteiger partial charge is 0.369 e. The molecule has 112 valence electrons. The fraction of sp³-hybridized carbons (Fsp3) is 0.615. The van der Waals surface area contributed by atoms with E-state index >= 15 is 0 Å². The number of nitrogens with zero attached hydrogens (tertiary/aromatic N) is 3. The lowest BCUT2D eigenvalue weighted by Gasteiger charge is -2.23. The number of nitrogens with one attached hydrogen (secondary N) is 2. The summed E-state index contributed by atoms with van der Waals surface area (Å²) in [4.78, 5) is 22.1. The maximum atomic E-state index is 11.7. The van der Waals surface area contributed by atoms with E-state index in [4.69, 9.17) is 0 Å². The minimum atomic E-state index is -0.0112. The number of hydrogen-bond donors (Lipinski definition) is 2. The third kappa shape index (κ3) is 4.63. The molecule has 0 saturated heterocycles. The normalized spacial score (nSPS) is 10.2. The Morgan fingerprint density at radius 1 is 1.35 bits per heavy atom. The van der Waals surface area contributed by atoms with E-state index in [1.807, 2.05) is 18.7 Å². The van der Waals surface area contributed by atoms with Crippen LogP contribution in [0.25, 0.3) is 0 Å². The van der Waals surface area contributed by atoms with Crippen LogP contribution in [0.5, 0.6) is 0 Å². The van der Waals surface area contributed by atoms with Gasteiger partial charge in [0.15, 0.2) is 0 Å². The number of amides is 1. The number of anilines is 2. The van der Waals surface area contributed by atoms with Crippen molar-refractivity contribution in [3.05, 3.63) is 10.8 Å². The number of likely N-dealkylation sites (N-methyl/N-ethyl adjacent to an activating group) is 2. The first-order valence-corrected chi connectivity index (χ1v) is 7.69. The van der Waals surface area contributed by atoms with E-state index in [0.29, 0.717) is 13.1 Å². The lowest BCUT2D eigenvalue weighted by molar-refractivity contribution is -0.119. The van der Waals surface area contributed by atoms with E-state index in [0.717, 1.165) is 29.1 Å². The van der Waals surface area contributed by atoms with Crippen molar-refractivity contribution < 1.29 is 4.79 Å².